The van der Waals surface area contributed by atoms with E-state index in [-0.39, 0.29) is 10.8 Å². The van der Waals surface area contributed by atoms with Gasteiger partial charge in [-0.05, 0) is 25.2 Å². The van der Waals surface area contributed by atoms with E-state index in [0.29, 0.717) is 11.7 Å². The highest BCUT2D eigenvalue weighted by Crippen LogP contribution is 2.52. The average molecular weight is 192 g/mol. The van der Waals surface area contributed by atoms with Crippen molar-refractivity contribution in [3.63, 3.8) is 0 Å². The van der Waals surface area contributed by atoms with Crippen LogP contribution in [0.15, 0.2) is 12.2 Å². The molecule has 0 aromatic carbocycles. The highest BCUT2D eigenvalue weighted by atomic mass is 16.1. The van der Waals surface area contributed by atoms with Crippen LogP contribution in [0.4, 0.5) is 0 Å². The molecule has 1 fully saturated rings. The summed E-state index contributed by atoms with van der Waals surface area (Å²) in [6.07, 6.45) is 8.79. The number of ketones is 1. The second-order valence-electron chi connectivity index (χ2n) is 5.64. The summed E-state index contributed by atoms with van der Waals surface area (Å²) in [5, 5.41) is 0. The van der Waals surface area contributed by atoms with Crippen LogP contribution in [0.3, 0.4) is 0 Å². The van der Waals surface area contributed by atoms with E-state index in [1.807, 2.05) is 0 Å². The zero-order valence-corrected chi connectivity index (χ0v) is 9.47. The minimum absolute atomic E-state index is 0.0260. The van der Waals surface area contributed by atoms with Crippen molar-refractivity contribution in [2.75, 3.05) is 0 Å². The summed E-state index contributed by atoms with van der Waals surface area (Å²) in [4.78, 5) is 12.4. The highest BCUT2D eigenvalue weighted by Gasteiger charge is 2.51. The Labute approximate surface area is 86.6 Å². The van der Waals surface area contributed by atoms with Crippen LogP contribution in [-0.2, 0) is 4.79 Å². The minimum Gasteiger partial charge on any atom is -0.298 e. The summed E-state index contributed by atoms with van der Waals surface area (Å²) in [6, 6.07) is 0. The molecule has 1 nitrogen and oxygen atoms in total. The molecule has 0 radical (unpaired) electrons. The summed E-state index contributed by atoms with van der Waals surface area (Å²) >= 11 is 0. The van der Waals surface area contributed by atoms with E-state index in [1.165, 1.54) is 6.42 Å². The molecule has 0 heterocycles. The van der Waals surface area contributed by atoms with Gasteiger partial charge in [-0.1, -0.05) is 39.3 Å². The van der Waals surface area contributed by atoms with E-state index in [1.54, 1.807) is 0 Å². The van der Waals surface area contributed by atoms with Gasteiger partial charge in [-0.15, -0.1) is 0 Å². The standard InChI is InChI=1S/C13H20O/c1-10-6-4-8-13(10)9-5-7-12(2,3)11(13)14/h4,6,10H,5,7-9H2,1-3H3. The number of hydrogen-bond donors (Lipinski definition) is 0. The summed E-state index contributed by atoms with van der Waals surface area (Å²) in [5.74, 6) is 0.961. The van der Waals surface area contributed by atoms with E-state index in [0.717, 1.165) is 19.3 Å². The molecule has 2 unspecified atom stereocenters. The number of hydrogen-bond acceptors (Lipinski definition) is 1. The van der Waals surface area contributed by atoms with Crippen molar-refractivity contribution in [3.05, 3.63) is 12.2 Å². The topological polar surface area (TPSA) is 17.1 Å². The Bertz CT molecular complexity index is 288. The molecular formula is C13H20O. The van der Waals surface area contributed by atoms with Crippen molar-refractivity contribution in [1.29, 1.82) is 0 Å². The van der Waals surface area contributed by atoms with Crippen LogP contribution in [0.5, 0.6) is 0 Å². The van der Waals surface area contributed by atoms with Crippen LogP contribution in [0, 0.1) is 16.7 Å². The van der Waals surface area contributed by atoms with Gasteiger partial charge in [-0.25, -0.2) is 0 Å². The fraction of sp³-hybridized carbons (Fsp3) is 0.769. The van der Waals surface area contributed by atoms with Gasteiger partial charge in [0.2, 0.25) is 0 Å². The maximum absolute atomic E-state index is 12.4. The summed E-state index contributed by atoms with van der Waals surface area (Å²) < 4.78 is 0. The molecule has 0 saturated heterocycles. The lowest BCUT2D eigenvalue weighted by Crippen LogP contribution is -2.46. The van der Waals surface area contributed by atoms with Crippen LogP contribution in [0.25, 0.3) is 0 Å². The third-order valence-corrected chi connectivity index (χ3v) is 4.27. The van der Waals surface area contributed by atoms with Crippen LogP contribution >= 0.6 is 0 Å². The molecule has 2 rings (SSSR count). The van der Waals surface area contributed by atoms with Gasteiger partial charge in [-0.2, -0.15) is 0 Å². The lowest BCUT2D eigenvalue weighted by atomic mass is 9.58. The molecule has 0 aliphatic heterocycles. The van der Waals surface area contributed by atoms with Crippen LogP contribution in [0.1, 0.15) is 46.5 Å². The van der Waals surface area contributed by atoms with Gasteiger partial charge in [-0.3, -0.25) is 4.79 Å². The molecule has 0 bridgehead atoms. The minimum atomic E-state index is -0.0848. The Morgan fingerprint density at radius 2 is 2.07 bits per heavy atom. The van der Waals surface area contributed by atoms with E-state index in [2.05, 4.69) is 32.9 Å². The fourth-order valence-electron chi connectivity index (χ4n) is 3.23. The van der Waals surface area contributed by atoms with Crippen molar-refractivity contribution < 1.29 is 4.79 Å². The molecule has 0 amide bonds. The van der Waals surface area contributed by atoms with Crippen molar-refractivity contribution in [2.45, 2.75) is 46.5 Å². The SMILES string of the molecule is CC1C=CCC12CCCC(C)(C)C2=O. The van der Waals surface area contributed by atoms with Gasteiger partial charge in [0.15, 0.2) is 0 Å². The monoisotopic (exact) mass is 192 g/mol. The first-order valence-electron chi connectivity index (χ1n) is 5.71. The first-order valence-corrected chi connectivity index (χ1v) is 5.71. The van der Waals surface area contributed by atoms with E-state index < -0.39 is 0 Å². The van der Waals surface area contributed by atoms with Crippen molar-refractivity contribution in [1.82, 2.24) is 0 Å². The lowest BCUT2D eigenvalue weighted by Gasteiger charge is -2.43. The van der Waals surface area contributed by atoms with Crippen LogP contribution < -0.4 is 0 Å². The zero-order chi connectivity index (χ0) is 10.4. The molecule has 14 heavy (non-hydrogen) atoms. The number of allylic oxidation sites excluding steroid dienone is 2. The Balaban J connectivity index is 2.32. The lowest BCUT2D eigenvalue weighted by molar-refractivity contribution is -0.143. The Hall–Kier alpha value is -0.590. The summed E-state index contributed by atoms with van der Waals surface area (Å²) in [5.41, 5.74) is -0.111. The van der Waals surface area contributed by atoms with Gasteiger partial charge < -0.3 is 0 Å². The molecule has 0 N–H and O–H groups in total. The third-order valence-electron chi connectivity index (χ3n) is 4.27. The molecule has 2 aliphatic rings. The van der Waals surface area contributed by atoms with Crippen molar-refractivity contribution in [3.8, 4) is 0 Å². The van der Waals surface area contributed by atoms with Crippen molar-refractivity contribution >= 4 is 5.78 Å². The number of rotatable bonds is 0. The van der Waals surface area contributed by atoms with Gasteiger partial charge in [0, 0.05) is 10.8 Å². The van der Waals surface area contributed by atoms with E-state index in [9.17, 15) is 4.79 Å². The molecule has 0 aromatic rings. The normalized spacial score (nSPS) is 40.8. The predicted octanol–water partition coefficient (Wildman–Crippen LogP) is 3.35. The first-order chi connectivity index (χ1) is 6.49. The second kappa shape index (κ2) is 2.95. The first kappa shape index (κ1) is 9.95. The molecule has 2 atom stereocenters. The quantitative estimate of drug-likeness (QED) is 0.538. The highest BCUT2D eigenvalue weighted by molar-refractivity contribution is 5.91. The summed E-state index contributed by atoms with van der Waals surface area (Å²) in [7, 11) is 0. The molecule has 1 heteroatoms. The fourth-order valence-corrected chi connectivity index (χ4v) is 3.23. The average Bonchev–Trinajstić information content (AvgIpc) is 2.45. The smallest absolute Gasteiger partial charge is 0.145 e. The number of Topliss-reactive ketones (excluding diaryl/α,β-unsaturated/α-hetero) is 1. The second-order valence-corrected chi connectivity index (χ2v) is 5.64. The predicted molar refractivity (Wildman–Crippen MR) is 58.0 cm³/mol. The molecule has 78 valence electrons. The van der Waals surface area contributed by atoms with Gasteiger partial charge in [0.25, 0.3) is 0 Å². The largest absolute Gasteiger partial charge is 0.298 e. The van der Waals surface area contributed by atoms with Gasteiger partial charge in [0.1, 0.15) is 5.78 Å². The van der Waals surface area contributed by atoms with Crippen molar-refractivity contribution in [2.24, 2.45) is 16.7 Å². The van der Waals surface area contributed by atoms with Gasteiger partial charge >= 0.3 is 0 Å². The zero-order valence-electron chi connectivity index (χ0n) is 9.47. The molecule has 0 aromatic heterocycles. The maximum atomic E-state index is 12.4. The Morgan fingerprint density at radius 1 is 1.36 bits per heavy atom. The molecule has 1 spiro atoms. The van der Waals surface area contributed by atoms with E-state index >= 15 is 0 Å². The van der Waals surface area contributed by atoms with Crippen LogP contribution in [-0.4, -0.2) is 5.78 Å². The molecular weight excluding hydrogens is 172 g/mol. The number of carbonyl (C=O) groups is 1. The maximum Gasteiger partial charge on any atom is 0.145 e. The number of carbonyl (C=O) groups excluding carboxylic acids is 1. The molecule has 1 saturated carbocycles. The Kier molecular flexibility index (Phi) is 2.09. The summed E-state index contributed by atoms with van der Waals surface area (Å²) in [6.45, 7) is 6.42. The Morgan fingerprint density at radius 3 is 2.64 bits per heavy atom. The van der Waals surface area contributed by atoms with Gasteiger partial charge in [0.05, 0.1) is 0 Å². The van der Waals surface area contributed by atoms with E-state index in [4.69, 9.17) is 0 Å². The molecule has 2 aliphatic carbocycles. The van der Waals surface area contributed by atoms with Crippen LogP contribution in [0.2, 0.25) is 0 Å². The third kappa shape index (κ3) is 1.18.